The van der Waals surface area contributed by atoms with Gasteiger partial charge in [-0.2, -0.15) is 0 Å². The van der Waals surface area contributed by atoms with Crippen LogP contribution in [0.1, 0.15) is 33.4 Å². The van der Waals surface area contributed by atoms with Gasteiger partial charge in [-0.25, -0.2) is 0 Å². The monoisotopic (exact) mass is 225 g/mol. The standard InChI is InChI=1S/C11H19N3S/c1-10(2)9(11(10,3)4)6-12-5-8-7-15-14-13-8/h7,9,12H,5-6H2,1-4H3. The van der Waals surface area contributed by atoms with Crippen LogP contribution in [0.15, 0.2) is 5.38 Å². The summed E-state index contributed by atoms with van der Waals surface area (Å²) in [5.41, 5.74) is 2.00. The first kappa shape index (κ1) is 11.0. The second kappa shape index (κ2) is 3.52. The van der Waals surface area contributed by atoms with Crippen LogP contribution in [0.5, 0.6) is 0 Å². The number of nitrogens with zero attached hydrogens (tertiary/aromatic N) is 2. The molecule has 0 bridgehead atoms. The molecular formula is C11H19N3S. The van der Waals surface area contributed by atoms with Gasteiger partial charge in [0.25, 0.3) is 0 Å². The zero-order chi connectivity index (χ0) is 11.1. The Morgan fingerprint density at radius 3 is 2.47 bits per heavy atom. The second-order valence-electron chi connectivity index (χ2n) is 5.52. The summed E-state index contributed by atoms with van der Waals surface area (Å²) in [6.45, 7) is 11.3. The van der Waals surface area contributed by atoms with E-state index in [-0.39, 0.29) is 0 Å². The number of rotatable bonds is 4. The van der Waals surface area contributed by atoms with Crippen LogP contribution < -0.4 is 5.32 Å². The lowest BCUT2D eigenvalue weighted by atomic mass is 10.0. The lowest BCUT2D eigenvalue weighted by molar-refractivity contribution is 0.457. The van der Waals surface area contributed by atoms with Gasteiger partial charge in [-0.3, -0.25) is 0 Å². The van der Waals surface area contributed by atoms with Crippen LogP contribution in [0, 0.1) is 16.7 Å². The largest absolute Gasteiger partial charge is 0.311 e. The molecule has 0 spiro atoms. The summed E-state index contributed by atoms with van der Waals surface area (Å²) in [5, 5.41) is 9.47. The van der Waals surface area contributed by atoms with E-state index >= 15 is 0 Å². The summed E-state index contributed by atoms with van der Waals surface area (Å²) in [5.74, 6) is 0.775. The molecule has 0 amide bonds. The van der Waals surface area contributed by atoms with Crippen molar-refractivity contribution in [1.29, 1.82) is 0 Å². The van der Waals surface area contributed by atoms with Crippen LogP contribution in [0.4, 0.5) is 0 Å². The third kappa shape index (κ3) is 1.81. The first-order valence-corrected chi connectivity index (χ1v) is 6.26. The van der Waals surface area contributed by atoms with Gasteiger partial charge in [-0.05, 0) is 34.8 Å². The van der Waals surface area contributed by atoms with Crippen LogP contribution >= 0.6 is 11.5 Å². The average molecular weight is 225 g/mol. The first-order chi connectivity index (χ1) is 6.96. The maximum absolute atomic E-state index is 4.01. The number of nitrogens with one attached hydrogen (secondary N) is 1. The molecule has 1 aliphatic rings. The third-order valence-electron chi connectivity index (χ3n) is 4.38. The Morgan fingerprint density at radius 2 is 2.00 bits per heavy atom. The normalized spacial score (nSPS) is 22.9. The Kier molecular flexibility index (Phi) is 2.59. The van der Waals surface area contributed by atoms with Gasteiger partial charge in [-0.1, -0.05) is 32.2 Å². The van der Waals surface area contributed by atoms with Crippen molar-refractivity contribution in [3.8, 4) is 0 Å². The van der Waals surface area contributed by atoms with E-state index in [0.717, 1.165) is 24.7 Å². The minimum Gasteiger partial charge on any atom is -0.311 e. The molecule has 0 aliphatic heterocycles. The maximum Gasteiger partial charge on any atom is 0.0893 e. The fraction of sp³-hybridized carbons (Fsp3) is 0.818. The number of hydrogen-bond acceptors (Lipinski definition) is 4. The molecule has 1 aliphatic carbocycles. The summed E-state index contributed by atoms with van der Waals surface area (Å²) in [7, 11) is 0. The van der Waals surface area contributed by atoms with Crippen molar-refractivity contribution in [1.82, 2.24) is 14.9 Å². The highest BCUT2D eigenvalue weighted by Crippen LogP contribution is 2.67. The zero-order valence-electron chi connectivity index (χ0n) is 9.87. The molecule has 1 fully saturated rings. The van der Waals surface area contributed by atoms with Crippen molar-refractivity contribution in [2.24, 2.45) is 16.7 Å². The molecule has 1 heterocycles. The summed E-state index contributed by atoms with van der Waals surface area (Å²) >= 11 is 1.41. The molecule has 1 aromatic heterocycles. The predicted molar refractivity (Wildman–Crippen MR) is 62.7 cm³/mol. The number of aromatic nitrogens is 2. The summed E-state index contributed by atoms with van der Waals surface area (Å²) in [6.07, 6.45) is 0. The van der Waals surface area contributed by atoms with Gasteiger partial charge in [0.2, 0.25) is 0 Å². The molecule has 1 aromatic rings. The van der Waals surface area contributed by atoms with Gasteiger partial charge >= 0.3 is 0 Å². The van der Waals surface area contributed by atoms with Crippen LogP contribution in [0.25, 0.3) is 0 Å². The Labute approximate surface area is 95.4 Å². The first-order valence-electron chi connectivity index (χ1n) is 5.43. The molecule has 1 N–H and O–H groups in total. The molecule has 0 radical (unpaired) electrons. The molecular weight excluding hydrogens is 206 g/mol. The Bertz CT molecular complexity index is 316. The molecule has 2 rings (SSSR count). The molecule has 0 unspecified atom stereocenters. The van der Waals surface area contributed by atoms with Gasteiger partial charge in [0.05, 0.1) is 5.69 Å². The fourth-order valence-electron chi connectivity index (χ4n) is 2.45. The lowest BCUT2D eigenvalue weighted by Gasteiger charge is -2.04. The SMILES string of the molecule is CC1(C)C(CNCc2csnn2)C1(C)C. The highest BCUT2D eigenvalue weighted by atomic mass is 32.1. The summed E-state index contributed by atoms with van der Waals surface area (Å²) < 4.78 is 3.84. The van der Waals surface area contributed by atoms with Crippen molar-refractivity contribution in [2.75, 3.05) is 6.54 Å². The van der Waals surface area contributed by atoms with Crippen molar-refractivity contribution in [3.05, 3.63) is 11.1 Å². The van der Waals surface area contributed by atoms with Crippen LogP contribution in [-0.4, -0.2) is 16.1 Å². The predicted octanol–water partition coefficient (Wildman–Crippen LogP) is 2.31. The van der Waals surface area contributed by atoms with Gasteiger partial charge in [0, 0.05) is 11.9 Å². The van der Waals surface area contributed by atoms with Crippen molar-refractivity contribution < 1.29 is 0 Å². The van der Waals surface area contributed by atoms with Crippen LogP contribution in [-0.2, 0) is 6.54 Å². The van der Waals surface area contributed by atoms with Crippen LogP contribution in [0.3, 0.4) is 0 Å². The topological polar surface area (TPSA) is 37.8 Å². The van der Waals surface area contributed by atoms with Crippen molar-refractivity contribution in [2.45, 2.75) is 34.2 Å². The van der Waals surface area contributed by atoms with E-state index in [2.05, 4.69) is 42.6 Å². The highest BCUT2D eigenvalue weighted by Gasteiger charge is 2.63. The Hall–Kier alpha value is -0.480. The van der Waals surface area contributed by atoms with E-state index in [1.165, 1.54) is 11.5 Å². The quantitative estimate of drug-likeness (QED) is 0.854. The molecule has 84 valence electrons. The minimum absolute atomic E-state index is 0.473. The maximum atomic E-state index is 4.01. The van der Waals surface area contributed by atoms with Crippen molar-refractivity contribution in [3.63, 3.8) is 0 Å². The molecule has 1 saturated carbocycles. The number of hydrogen-bond donors (Lipinski definition) is 1. The van der Waals surface area contributed by atoms with E-state index in [1.54, 1.807) is 0 Å². The van der Waals surface area contributed by atoms with Gasteiger partial charge in [-0.15, -0.1) is 5.10 Å². The van der Waals surface area contributed by atoms with E-state index in [4.69, 9.17) is 0 Å². The summed E-state index contributed by atoms with van der Waals surface area (Å²) in [6, 6.07) is 0. The molecule has 3 nitrogen and oxygen atoms in total. The van der Waals surface area contributed by atoms with Gasteiger partial charge < -0.3 is 5.32 Å². The molecule has 0 aromatic carbocycles. The molecule has 0 atom stereocenters. The van der Waals surface area contributed by atoms with Crippen LogP contribution in [0.2, 0.25) is 0 Å². The highest BCUT2D eigenvalue weighted by molar-refractivity contribution is 7.03. The van der Waals surface area contributed by atoms with E-state index in [9.17, 15) is 0 Å². The zero-order valence-corrected chi connectivity index (χ0v) is 10.7. The van der Waals surface area contributed by atoms with E-state index in [1.807, 2.05) is 5.38 Å². The van der Waals surface area contributed by atoms with E-state index < -0.39 is 0 Å². The van der Waals surface area contributed by atoms with Gasteiger partial charge in [0.1, 0.15) is 0 Å². The van der Waals surface area contributed by atoms with Gasteiger partial charge in [0.15, 0.2) is 0 Å². The second-order valence-corrected chi connectivity index (χ2v) is 6.13. The molecule has 15 heavy (non-hydrogen) atoms. The van der Waals surface area contributed by atoms with E-state index in [0.29, 0.717) is 10.8 Å². The minimum atomic E-state index is 0.473. The Balaban J connectivity index is 1.77. The molecule has 0 saturated heterocycles. The Morgan fingerprint density at radius 1 is 1.33 bits per heavy atom. The van der Waals surface area contributed by atoms with Crippen molar-refractivity contribution >= 4 is 11.5 Å². The smallest absolute Gasteiger partial charge is 0.0893 e. The summed E-state index contributed by atoms with van der Waals surface area (Å²) in [4.78, 5) is 0. The lowest BCUT2D eigenvalue weighted by Crippen LogP contribution is -2.19. The average Bonchev–Trinajstić information content (AvgIpc) is 2.62. The molecule has 4 heteroatoms. The fourth-order valence-corrected chi connectivity index (χ4v) is 2.90. The third-order valence-corrected chi connectivity index (χ3v) is 4.93.